The van der Waals surface area contributed by atoms with E-state index in [1.165, 1.54) is 14.8 Å². The second-order valence-electron chi connectivity index (χ2n) is 13.9. The molecule has 55 heavy (non-hydrogen) atoms. The minimum Gasteiger partial charge on any atom is -0.456 e. The number of fused-ring (bicyclic) bond motifs is 11. The Morgan fingerprint density at radius 1 is 0.345 bits per heavy atom. The van der Waals surface area contributed by atoms with E-state index in [9.17, 15) is 0 Å². The van der Waals surface area contributed by atoms with E-state index in [0.717, 1.165) is 87.9 Å². The summed E-state index contributed by atoms with van der Waals surface area (Å²) in [5, 5.41) is 8.77. The number of para-hydroxylation sites is 1. The smallest absolute Gasteiger partial charge is 0.164 e. The Morgan fingerprint density at radius 3 is 1.87 bits per heavy atom. The first kappa shape index (κ1) is 30.3. The zero-order valence-corrected chi connectivity index (χ0v) is 30.0. The van der Waals surface area contributed by atoms with E-state index in [-0.39, 0.29) is 0 Å². The Balaban J connectivity index is 1.10. The van der Waals surface area contributed by atoms with E-state index in [2.05, 4.69) is 133 Å². The van der Waals surface area contributed by atoms with E-state index in [1.54, 1.807) is 11.3 Å². The molecule has 0 fully saturated rings. The molecule has 4 heterocycles. The van der Waals surface area contributed by atoms with Crippen molar-refractivity contribution < 1.29 is 8.83 Å². The van der Waals surface area contributed by atoms with Gasteiger partial charge in [-0.1, -0.05) is 115 Å². The fourth-order valence-electron chi connectivity index (χ4n) is 8.22. The summed E-state index contributed by atoms with van der Waals surface area (Å²) in [6, 6.07) is 56.7. The molecule has 0 amide bonds. The van der Waals surface area contributed by atoms with E-state index in [4.69, 9.17) is 23.8 Å². The molecular weight excluding hydrogens is 695 g/mol. The Kier molecular flexibility index (Phi) is 6.44. The van der Waals surface area contributed by atoms with Crippen LogP contribution in [0.1, 0.15) is 0 Å². The van der Waals surface area contributed by atoms with Gasteiger partial charge in [-0.2, -0.15) is 0 Å². The van der Waals surface area contributed by atoms with Crippen molar-refractivity contribution in [2.24, 2.45) is 0 Å². The van der Waals surface area contributed by atoms with Gasteiger partial charge in [-0.15, -0.1) is 11.3 Å². The summed E-state index contributed by atoms with van der Waals surface area (Å²) in [6.45, 7) is 0. The van der Waals surface area contributed by atoms with Gasteiger partial charge >= 0.3 is 0 Å². The molecule has 5 nitrogen and oxygen atoms in total. The molecule has 0 saturated heterocycles. The van der Waals surface area contributed by atoms with Crippen LogP contribution in [0.4, 0.5) is 0 Å². The normalized spacial score (nSPS) is 12.0. The summed E-state index contributed by atoms with van der Waals surface area (Å²) in [5.41, 5.74) is 8.38. The first-order valence-electron chi connectivity index (χ1n) is 18.3. The largest absolute Gasteiger partial charge is 0.456 e. The third-order valence-corrected chi connectivity index (χ3v) is 11.9. The summed E-state index contributed by atoms with van der Waals surface area (Å²) in [4.78, 5) is 15.8. The van der Waals surface area contributed by atoms with Gasteiger partial charge < -0.3 is 8.83 Å². The van der Waals surface area contributed by atoms with Crippen LogP contribution in [0.25, 0.3) is 120 Å². The minimum absolute atomic E-state index is 0.591. The van der Waals surface area contributed by atoms with Crippen LogP contribution in [0, 0.1) is 0 Å². The minimum atomic E-state index is 0.591. The number of aromatic nitrogens is 3. The summed E-state index contributed by atoms with van der Waals surface area (Å²) < 4.78 is 15.2. The molecule has 0 aliphatic carbocycles. The monoisotopic (exact) mass is 721 g/mol. The van der Waals surface area contributed by atoms with Crippen molar-refractivity contribution in [3.05, 3.63) is 164 Å². The molecule has 12 aromatic rings. The van der Waals surface area contributed by atoms with Crippen molar-refractivity contribution in [2.45, 2.75) is 0 Å². The first-order chi connectivity index (χ1) is 27.2. The van der Waals surface area contributed by atoms with Crippen molar-refractivity contribution in [1.82, 2.24) is 15.0 Å². The molecule has 0 atom stereocenters. The van der Waals surface area contributed by atoms with Crippen LogP contribution in [-0.4, -0.2) is 15.0 Å². The van der Waals surface area contributed by atoms with Crippen LogP contribution >= 0.6 is 11.3 Å². The zero-order chi connectivity index (χ0) is 36.0. The highest BCUT2D eigenvalue weighted by Crippen LogP contribution is 2.42. The second-order valence-corrected chi connectivity index (χ2v) is 15.0. The third-order valence-electron chi connectivity index (χ3n) is 10.7. The van der Waals surface area contributed by atoms with Crippen molar-refractivity contribution in [2.75, 3.05) is 0 Å². The van der Waals surface area contributed by atoms with E-state index in [0.29, 0.717) is 17.5 Å². The topological polar surface area (TPSA) is 65.0 Å². The van der Waals surface area contributed by atoms with Gasteiger partial charge in [0.15, 0.2) is 17.5 Å². The number of furan rings is 2. The fourth-order valence-corrected chi connectivity index (χ4v) is 9.35. The van der Waals surface area contributed by atoms with Crippen molar-refractivity contribution in [3.63, 3.8) is 0 Å². The molecule has 6 heteroatoms. The average Bonchev–Trinajstić information content (AvgIpc) is 3.94. The van der Waals surface area contributed by atoms with Gasteiger partial charge in [0.05, 0.1) is 0 Å². The molecule has 0 spiro atoms. The SMILES string of the molecule is c1ccc(-c2ccc3c(c2)oc2cccc(-c4nc(-c5ccc6c(ccc7oc8ccccc8c76)c5)nc(-c5cccc6sc7ccccc7c56)n4)c23)cc1. The summed E-state index contributed by atoms with van der Waals surface area (Å²) in [7, 11) is 0. The Hall–Kier alpha value is -7.15. The highest BCUT2D eigenvalue weighted by Gasteiger charge is 2.21. The quantitative estimate of drug-likeness (QED) is 0.181. The maximum absolute atomic E-state index is 6.53. The number of hydrogen-bond donors (Lipinski definition) is 0. The first-order valence-corrected chi connectivity index (χ1v) is 19.1. The lowest BCUT2D eigenvalue weighted by molar-refractivity contribution is 0.669. The lowest BCUT2D eigenvalue weighted by Gasteiger charge is -2.11. The van der Waals surface area contributed by atoms with Crippen LogP contribution in [0.15, 0.2) is 173 Å². The number of rotatable bonds is 4. The Labute approximate surface area is 317 Å². The van der Waals surface area contributed by atoms with Gasteiger partial charge in [-0.3, -0.25) is 0 Å². The molecule has 12 rings (SSSR count). The maximum Gasteiger partial charge on any atom is 0.164 e. The molecule has 256 valence electrons. The number of hydrogen-bond acceptors (Lipinski definition) is 6. The lowest BCUT2D eigenvalue weighted by atomic mass is 10.0. The van der Waals surface area contributed by atoms with Gasteiger partial charge in [-0.05, 0) is 70.4 Å². The third kappa shape index (κ3) is 4.68. The number of thiophene rings is 1. The standard InChI is InChI=1S/C49H27N3O2S/c1-2-10-28(11-3-1)29-20-24-34-41(27-29)54-39-17-8-14-36(45(34)39)48-50-47(51-49(52-48)37-15-9-19-43-46(37)35-13-5-7-18-42(35)55-43)31-21-23-32-30(26-31)22-25-40-44(32)33-12-4-6-16-38(33)53-40/h1-27H. The molecule has 0 unspecified atom stereocenters. The molecule has 0 bridgehead atoms. The van der Waals surface area contributed by atoms with Gasteiger partial charge in [-0.25, -0.2) is 15.0 Å². The van der Waals surface area contributed by atoms with Gasteiger partial charge in [0.2, 0.25) is 0 Å². The molecule has 0 N–H and O–H groups in total. The van der Waals surface area contributed by atoms with Crippen LogP contribution in [-0.2, 0) is 0 Å². The summed E-state index contributed by atoms with van der Waals surface area (Å²) in [5.74, 6) is 1.82. The maximum atomic E-state index is 6.53. The van der Waals surface area contributed by atoms with E-state index < -0.39 is 0 Å². The number of benzene rings is 8. The molecule has 0 radical (unpaired) electrons. The van der Waals surface area contributed by atoms with Crippen LogP contribution in [0.3, 0.4) is 0 Å². The molecule has 4 aromatic heterocycles. The predicted molar refractivity (Wildman–Crippen MR) is 227 cm³/mol. The van der Waals surface area contributed by atoms with Gasteiger partial charge in [0, 0.05) is 58.4 Å². The molecule has 0 aliphatic rings. The lowest BCUT2D eigenvalue weighted by Crippen LogP contribution is -2.00. The molecule has 0 saturated carbocycles. The summed E-state index contributed by atoms with van der Waals surface area (Å²) in [6.07, 6.45) is 0. The number of nitrogens with zero attached hydrogens (tertiary/aromatic N) is 3. The Bertz CT molecular complexity index is 3510. The van der Waals surface area contributed by atoms with Crippen molar-refractivity contribution >= 4 is 86.2 Å². The Morgan fingerprint density at radius 2 is 0.982 bits per heavy atom. The zero-order valence-electron chi connectivity index (χ0n) is 29.2. The van der Waals surface area contributed by atoms with E-state index in [1.807, 2.05) is 30.3 Å². The van der Waals surface area contributed by atoms with Crippen LogP contribution < -0.4 is 0 Å². The second kappa shape index (κ2) is 11.7. The van der Waals surface area contributed by atoms with Crippen molar-refractivity contribution in [3.8, 4) is 45.3 Å². The molecule has 0 aliphatic heterocycles. The van der Waals surface area contributed by atoms with Gasteiger partial charge in [0.1, 0.15) is 22.3 Å². The average molecular weight is 722 g/mol. The van der Waals surface area contributed by atoms with Crippen molar-refractivity contribution in [1.29, 1.82) is 0 Å². The predicted octanol–water partition coefficient (Wildman–Crippen LogP) is 13.9. The van der Waals surface area contributed by atoms with Gasteiger partial charge in [0.25, 0.3) is 0 Å². The summed E-state index contributed by atoms with van der Waals surface area (Å²) >= 11 is 1.79. The fraction of sp³-hybridized carbons (Fsp3) is 0. The van der Waals surface area contributed by atoms with Crippen LogP contribution in [0.2, 0.25) is 0 Å². The highest BCUT2D eigenvalue weighted by atomic mass is 32.1. The highest BCUT2D eigenvalue weighted by molar-refractivity contribution is 7.25. The van der Waals surface area contributed by atoms with Crippen LogP contribution in [0.5, 0.6) is 0 Å². The van der Waals surface area contributed by atoms with E-state index >= 15 is 0 Å². The molecular formula is C49H27N3O2S. The molecule has 8 aromatic carbocycles.